The largest absolute Gasteiger partial charge is 0.457 e. The molecule has 0 saturated heterocycles. The maximum Gasteiger partial charge on any atom is 0.355 e. The monoisotopic (exact) mass is 421 g/mol. The van der Waals surface area contributed by atoms with Crippen LogP contribution < -0.4 is 10.1 Å². The number of hydrogen-bond donors (Lipinski definition) is 1. The number of anilines is 1. The van der Waals surface area contributed by atoms with Gasteiger partial charge in [-0.05, 0) is 48.5 Å². The molecule has 0 aromatic heterocycles. The maximum atomic E-state index is 12.3. The summed E-state index contributed by atoms with van der Waals surface area (Å²) in [6, 6.07) is 24.8. The number of cyclic esters (lactones) is 1. The van der Waals surface area contributed by atoms with Crippen molar-refractivity contribution in [3.8, 4) is 11.5 Å². The zero-order valence-corrected chi connectivity index (χ0v) is 16.3. The fraction of sp³-hybridized carbons (Fsp3) is 0.0435. The van der Waals surface area contributed by atoms with Crippen LogP contribution in [0.5, 0.6) is 11.5 Å². The van der Waals surface area contributed by atoms with Gasteiger partial charge in [0.05, 0.1) is 5.56 Å². The zero-order valence-electron chi connectivity index (χ0n) is 15.6. The summed E-state index contributed by atoms with van der Waals surface area (Å²) < 4.78 is 16.1. The molecule has 3 aromatic rings. The lowest BCUT2D eigenvalue weighted by Crippen LogP contribution is -2.24. The summed E-state index contributed by atoms with van der Waals surface area (Å²) >= 11 is 6.07. The van der Waals surface area contributed by atoms with E-state index < -0.39 is 18.2 Å². The number of hydrogen-bond acceptors (Lipinski definition) is 6. The molecular weight excluding hydrogens is 406 g/mol. The number of halogens is 1. The van der Waals surface area contributed by atoms with Crippen molar-refractivity contribution in [2.45, 2.75) is 6.29 Å². The van der Waals surface area contributed by atoms with E-state index in [9.17, 15) is 9.59 Å². The number of nitrogens with one attached hydrogen (secondary N) is 1. The molecule has 6 nitrogen and oxygen atoms in total. The summed E-state index contributed by atoms with van der Waals surface area (Å²) in [5, 5.41) is 2.81. The third-order valence-electron chi connectivity index (χ3n) is 4.20. The second kappa shape index (κ2) is 8.71. The summed E-state index contributed by atoms with van der Waals surface area (Å²) in [5.74, 6) is -0.0518. The second-order valence-corrected chi connectivity index (χ2v) is 6.68. The van der Waals surface area contributed by atoms with Gasteiger partial charge in [-0.15, -0.1) is 0 Å². The molecule has 0 bridgehead atoms. The second-order valence-electron chi connectivity index (χ2n) is 6.30. The van der Waals surface area contributed by atoms with E-state index in [2.05, 4.69) is 5.32 Å². The van der Waals surface area contributed by atoms with E-state index in [0.29, 0.717) is 22.7 Å². The van der Waals surface area contributed by atoms with Gasteiger partial charge in [0.15, 0.2) is 5.03 Å². The molecule has 7 heteroatoms. The lowest BCUT2D eigenvalue weighted by Gasteiger charge is -2.16. The highest BCUT2D eigenvalue weighted by molar-refractivity contribution is 6.42. The fourth-order valence-electron chi connectivity index (χ4n) is 2.74. The Hall–Kier alpha value is -3.77. The van der Waals surface area contributed by atoms with Crippen LogP contribution in [0.1, 0.15) is 10.4 Å². The van der Waals surface area contributed by atoms with Gasteiger partial charge < -0.3 is 19.5 Å². The van der Waals surface area contributed by atoms with Crippen LogP contribution in [-0.2, 0) is 14.3 Å². The van der Waals surface area contributed by atoms with Crippen molar-refractivity contribution in [2.75, 3.05) is 5.32 Å². The number of carbonyl (C=O) groups excluding carboxylic acids is 2. The molecule has 0 spiro atoms. The molecule has 0 unspecified atom stereocenters. The molecule has 1 atom stereocenters. The van der Waals surface area contributed by atoms with Gasteiger partial charge in [-0.2, -0.15) is 0 Å². The van der Waals surface area contributed by atoms with Crippen LogP contribution in [0.2, 0.25) is 0 Å². The topological polar surface area (TPSA) is 73.9 Å². The van der Waals surface area contributed by atoms with Crippen LogP contribution in [0.25, 0.3) is 0 Å². The Bertz CT molecular complexity index is 1080. The first kappa shape index (κ1) is 19.5. The smallest absolute Gasteiger partial charge is 0.355 e. The van der Waals surface area contributed by atoms with Gasteiger partial charge >= 0.3 is 11.9 Å². The molecule has 30 heavy (non-hydrogen) atoms. The summed E-state index contributed by atoms with van der Waals surface area (Å²) in [5.41, 5.74) is 1.10. The number of esters is 2. The van der Waals surface area contributed by atoms with Crippen molar-refractivity contribution in [2.24, 2.45) is 0 Å². The highest BCUT2D eigenvalue weighted by Gasteiger charge is 2.36. The molecular formula is C23H16ClNO5. The molecule has 0 saturated carbocycles. The molecule has 0 fully saturated rings. The van der Waals surface area contributed by atoms with Gasteiger partial charge in [-0.25, -0.2) is 9.59 Å². The van der Waals surface area contributed by atoms with Gasteiger partial charge in [0.1, 0.15) is 17.2 Å². The number of carbonyl (C=O) groups is 2. The Balaban J connectivity index is 1.46. The van der Waals surface area contributed by atoms with E-state index in [1.165, 1.54) is 0 Å². The predicted octanol–water partition coefficient (Wildman–Crippen LogP) is 5.08. The first-order valence-electron chi connectivity index (χ1n) is 9.07. The van der Waals surface area contributed by atoms with Gasteiger partial charge in [-0.3, -0.25) is 0 Å². The highest BCUT2D eigenvalue weighted by atomic mass is 35.5. The standard InChI is InChI=1S/C23H16ClNO5/c24-19-20(23(30-22(19)27)29-21(26)15-7-3-1-4-8-15)25-16-11-13-18(14-12-16)28-17-9-5-2-6-10-17/h1-14,23,25H/t23-/m0/s1. The molecule has 1 aliphatic rings. The molecule has 4 rings (SSSR count). The van der Waals surface area contributed by atoms with Crippen molar-refractivity contribution >= 4 is 29.2 Å². The van der Waals surface area contributed by atoms with Crippen molar-refractivity contribution in [1.82, 2.24) is 0 Å². The average Bonchev–Trinajstić information content (AvgIpc) is 3.04. The van der Waals surface area contributed by atoms with Crippen LogP contribution in [0.15, 0.2) is 95.7 Å². The lowest BCUT2D eigenvalue weighted by atomic mass is 10.2. The SMILES string of the molecule is O=C1O[C@H](OC(=O)c2ccccc2)C(Nc2ccc(Oc3ccccc3)cc2)=C1Cl. The van der Waals surface area contributed by atoms with E-state index in [1.54, 1.807) is 54.6 Å². The zero-order chi connectivity index (χ0) is 20.9. The molecule has 1 heterocycles. The normalized spacial score (nSPS) is 15.5. The highest BCUT2D eigenvalue weighted by Crippen LogP contribution is 2.30. The third kappa shape index (κ3) is 4.45. The minimum atomic E-state index is -1.27. The molecule has 0 amide bonds. The van der Waals surface area contributed by atoms with Gasteiger partial charge in [0, 0.05) is 5.69 Å². The predicted molar refractivity (Wildman–Crippen MR) is 111 cm³/mol. The molecule has 1 N–H and O–H groups in total. The summed E-state index contributed by atoms with van der Waals surface area (Å²) in [6.07, 6.45) is -1.27. The number of para-hydroxylation sites is 1. The lowest BCUT2D eigenvalue weighted by molar-refractivity contribution is -0.152. The van der Waals surface area contributed by atoms with Crippen molar-refractivity contribution < 1.29 is 23.8 Å². The molecule has 0 aliphatic carbocycles. The Labute approximate surface area is 177 Å². The maximum absolute atomic E-state index is 12.3. The summed E-state index contributed by atoms with van der Waals surface area (Å²) in [4.78, 5) is 24.2. The minimum absolute atomic E-state index is 0.155. The number of benzene rings is 3. The Morgan fingerprint density at radius 1 is 0.867 bits per heavy atom. The third-order valence-corrected chi connectivity index (χ3v) is 4.56. The van der Waals surface area contributed by atoms with Crippen LogP contribution in [-0.4, -0.2) is 18.2 Å². The van der Waals surface area contributed by atoms with E-state index in [0.717, 1.165) is 0 Å². The Morgan fingerprint density at radius 3 is 2.13 bits per heavy atom. The van der Waals surface area contributed by atoms with Crippen LogP contribution in [0.4, 0.5) is 5.69 Å². The first-order chi connectivity index (χ1) is 14.6. The summed E-state index contributed by atoms with van der Waals surface area (Å²) in [7, 11) is 0. The van der Waals surface area contributed by atoms with Crippen molar-refractivity contribution in [1.29, 1.82) is 0 Å². The fourth-order valence-corrected chi connectivity index (χ4v) is 2.92. The van der Waals surface area contributed by atoms with E-state index in [4.69, 9.17) is 25.8 Å². The Morgan fingerprint density at radius 2 is 1.47 bits per heavy atom. The van der Waals surface area contributed by atoms with Crippen molar-refractivity contribution in [3.05, 3.63) is 101 Å². The van der Waals surface area contributed by atoms with E-state index >= 15 is 0 Å². The van der Waals surface area contributed by atoms with Gasteiger partial charge in [0.2, 0.25) is 0 Å². The van der Waals surface area contributed by atoms with Crippen molar-refractivity contribution in [3.63, 3.8) is 0 Å². The number of rotatable bonds is 6. The van der Waals surface area contributed by atoms with E-state index in [1.807, 2.05) is 30.3 Å². The first-order valence-corrected chi connectivity index (χ1v) is 9.44. The van der Waals surface area contributed by atoms with Crippen LogP contribution >= 0.6 is 11.6 Å². The van der Waals surface area contributed by atoms with E-state index in [-0.39, 0.29) is 10.7 Å². The average molecular weight is 422 g/mol. The minimum Gasteiger partial charge on any atom is -0.457 e. The quantitative estimate of drug-likeness (QED) is 0.559. The van der Waals surface area contributed by atoms with Gasteiger partial charge in [-0.1, -0.05) is 48.0 Å². The van der Waals surface area contributed by atoms with Crippen LogP contribution in [0, 0.1) is 0 Å². The summed E-state index contributed by atoms with van der Waals surface area (Å²) in [6.45, 7) is 0. The Kier molecular flexibility index (Phi) is 5.68. The molecule has 150 valence electrons. The molecule has 0 radical (unpaired) electrons. The van der Waals surface area contributed by atoms with Gasteiger partial charge in [0.25, 0.3) is 6.29 Å². The van der Waals surface area contributed by atoms with Crippen LogP contribution in [0.3, 0.4) is 0 Å². The molecule has 1 aliphatic heterocycles. The number of ether oxygens (including phenoxy) is 3. The molecule has 3 aromatic carbocycles.